The molecule has 0 fully saturated rings. The van der Waals surface area contributed by atoms with Gasteiger partial charge in [0, 0.05) is 11.1 Å². The Balaban J connectivity index is 2.48. The number of rotatable bonds is 7. The van der Waals surface area contributed by atoms with E-state index < -0.39 is 58.0 Å². The molecule has 0 amide bonds. The van der Waals surface area contributed by atoms with Crippen molar-refractivity contribution in [2.45, 2.75) is 23.7 Å². The van der Waals surface area contributed by atoms with Gasteiger partial charge in [0.1, 0.15) is 11.6 Å². The summed E-state index contributed by atoms with van der Waals surface area (Å²) >= 11 is 0. The first-order chi connectivity index (χ1) is 13.6. The minimum atomic E-state index is -7.05. The van der Waals surface area contributed by atoms with E-state index in [9.17, 15) is 53.5 Å². The summed E-state index contributed by atoms with van der Waals surface area (Å²) in [6.07, 6.45) is 0. The molecule has 0 aromatic heterocycles. The third-order valence-corrected chi connectivity index (χ3v) is 3.97. The summed E-state index contributed by atoms with van der Waals surface area (Å²) in [6.45, 7) is 0. The fourth-order valence-electron chi connectivity index (χ4n) is 2.24. The second-order valence-corrected chi connectivity index (χ2v) is 5.97. The number of ketones is 2. The van der Waals surface area contributed by atoms with Gasteiger partial charge in [0.15, 0.2) is 0 Å². The molecular weight excluding hydrogens is 438 g/mol. The molecule has 12 heteroatoms. The number of hydrogen-bond acceptors (Lipinski definition) is 2. The number of benzene rings is 2. The quantitative estimate of drug-likeness (QED) is 0.412. The summed E-state index contributed by atoms with van der Waals surface area (Å²) in [7, 11) is 0. The van der Waals surface area contributed by atoms with Crippen LogP contribution in [0.4, 0.5) is 43.9 Å². The van der Waals surface area contributed by atoms with Crippen molar-refractivity contribution in [1.82, 2.24) is 0 Å². The lowest BCUT2D eigenvalue weighted by atomic mass is 9.89. The van der Waals surface area contributed by atoms with Crippen molar-refractivity contribution in [2.75, 3.05) is 0 Å². The number of carbonyl (C=O) groups excluding carboxylic acids is 2. The van der Waals surface area contributed by atoms with Gasteiger partial charge in [0.25, 0.3) is 0 Å². The van der Waals surface area contributed by atoms with Crippen LogP contribution in [-0.2, 0) is 0 Å². The van der Waals surface area contributed by atoms with Crippen molar-refractivity contribution < 1.29 is 53.5 Å². The predicted octanol–water partition coefficient (Wildman–Crippen LogP) is 5.57. The standard InChI is InChI=1S/C18H8F10O2/c19-11-5-1-9(2-6-11)13(29)15(21,22)17(25,26)18(27,28)16(23,24)14(30)10-3-7-12(20)8-4-10/h1-8H. The molecular formula is C18H8F10O2. The van der Waals surface area contributed by atoms with Crippen molar-refractivity contribution in [3.8, 4) is 0 Å². The summed E-state index contributed by atoms with van der Waals surface area (Å²) < 4.78 is 137. The smallest absolute Gasteiger partial charge is 0.287 e. The molecule has 0 heterocycles. The summed E-state index contributed by atoms with van der Waals surface area (Å²) in [4.78, 5) is 23.2. The summed E-state index contributed by atoms with van der Waals surface area (Å²) in [5, 5.41) is 0. The average Bonchev–Trinajstić information content (AvgIpc) is 2.67. The molecule has 0 saturated heterocycles. The first-order valence-electron chi connectivity index (χ1n) is 7.69. The second kappa shape index (κ2) is 7.40. The van der Waals surface area contributed by atoms with Gasteiger partial charge in [-0.1, -0.05) is 0 Å². The van der Waals surface area contributed by atoms with E-state index in [0.29, 0.717) is 24.3 Å². The minimum Gasteiger partial charge on any atom is -0.287 e. The molecule has 0 aliphatic rings. The van der Waals surface area contributed by atoms with Crippen LogP contribution in [-0.4, -0.2) is 35.3 Å². The Morgan fingerprint density at radius 3 is 0.967 bits per heavy atom. The molecule has 2 aromatic rings. The van der Waals surface area contributed by atoms with E-state index in [1.165, 1.54) is 0 Å². The Morgan fingerprint density at radius 1 is 0.500 bits per heavy atom. The molecule has 2 nitrogen and oxygen atoms in total. The topological polar surface area (TPSA) is 34.1 Å². The lowest BCUT2D eigenvalue weighted by molar-refractivity contribution is -0.339. The van der Waals surface area contributed by atoms with E-state index in [0.717, 1.165) is 0 Å². The van der Waals surface area contributed by atoms with E-state index in [1.54, 1.807) is 0 Å². The van der Waals surface area contributed by atoms with E-state index in [-0.39, 0.29) is 24.3 Å². The molecule has 0 bridgehead atoms. The lowest BCUT2D eigenvalue weighted by Crippen LogP contribution is -2.66. The van der Waals surface area contributed by atoms with Gasteiger partial charge in [-0.05, 0) is 48.5 Å². The Hall–Kier alpha value is -2.92. The van der Waals surface area contributed by atoms with Crippen LogP contribution in [0.15, 0.2) is 48.5 Å². The number of carbonyl (C=O) groups is 2. The molecule has 0 N–H and O–H groups in total. The Morgan fingerprint density at radius 2 is 0.733 bits per heavy atom. The molecule has 30 heavy (non-hydrogen) atoms. The third-order valence-electron chi connectivity index (χ3n) is 3.97. The van der Waals surface area contributed by atoms with Crippen LogP contribution < -0.4 is 0 Å². The second-order valence-electron chi connectivity index (χ2n) is 5.97. The molecule has 0 unspecified atom stereocenters. The molecule has 2 rings (SSSR count). The highest BCUT2D eigenvalue weighted by atomic mass is 19.4. The first-order valence-corrected chi connectivity index (χ1v) is 7.69. The summed E-state index contributed by atoms with van der Waals surface area (Å²) in [6, 6.07) is 2.48. The third kappa shape index (κ3) is 3.54. The number of alkyl halides is 8. The maximum atomic E-state index is 14.0. The van der Waals surface area contributed by atoms with Gasteiger partial charge in [-0.2, -0.15) is 35.1 Å². The van der Waals surface area contributed by atoms with E-state index in [1.807, 2.05) is 0 Å². The maximum Gasteiger partial charge on any atom is 0.386 e. The van der Waals surface area contributed by atoms with Crippen LogP contribution in [0.25, 0.3) is 0 Å². The van der Waals surface area contributed by atoms with Gasteiger partial charge in [-0.25, -0.2) is 8.78 Å². The van der Waals surface area contributed by atoms with Crippen LogP contribution in [0.1, 0.15) is 20.7 Å². The zero-order valence-corrected chi connectivity index (χ0v) is 14.2. The van der Waals surface area contributed by atoms with Crippen molar-refractivity contribution in [3.63, 3.8) is 0 Å². The molecule has 0 saturated carbocycles. The predicted molar refractivity (Wildman–Crippen MR) is 81.2 cm³/mol. The zero-order chi connectivity index (χ0) is 23.1. The van der Waals surface area contributed by atoms with Crippen LogP contribution >= 0.6 is 0 Å². The summed E-state index contributed by atoms with van der Waals surface area (Å²) in [5.74, 6) is -35.1. The van der Waals surface area contributed by atoms with Crippen molar-refractivity contribution in [2.24, 2.45) is 0 Å². The molecule has 0 atom stereocenters. The van der Waals surface area contributed by atoms with Gasteiger partial charge in [-0.15, -0.1) is 0 Å². The average molecular weight is 446 g/mol. The molecule has 2 aromatic carbocycles. The first kappa shape index (κ1) is 23.4. The zero-order valence-electron chi connectivity index (χ0n) is 14.2. The van der Waals surface area contributed by atoms with Crippen LogP contribution in [0, 0.1) is 11.6 Å². The van der Waals surface area contributed by atoms with Crippen molar-refractivity contribution in [1.29, 1.82) is 0 Å². The summed E-state index contributed by atoms with van der Waals surface area (Å²) in [5.41, 5.74) is -2.74. The van der Waals surface area contributed by atoms with E-state index >= 15 is 0 Å². The van der Waals surface area contributed by atoms with E-state index in [4.69, 9.17) is 0 Å². The van der Waals surface area contributed by atoms with Gasteiger partial charge >= 0.3 is 23.7 Å². The fourth-order valence-corrected chi connectivity index (χ4v) is 2.24. The number of halogens is 10. The van der Waals surface area contributed by atoms with E-state index in [2.05, 4.69) is 0 Å². The van der Waals surface area contributed by atoms with Crippen LogP contribution in [0.3, 0.4) is 0 Å². The van der Waals surface area contributed by atoms with Gasteiger partial charge < -0.3 is 0 Å². The highest BCUT2D eigenvalue weighted by Crippen LogP contribution is 2.54. The monoisotopic (exact) mass is 446 g/mol. The molecule has 0 spiro atoms. The highest BCUT2D eigenvalue weighted by molar-refractivity contribution is 6.04. The van der Waals surface area contributed by atoms with Gasteiger partial charge in [0.2, 0.25) is 11.6 Å². The fraction of sp³-hybridized carbons (Fsp3) is 0.222. The molecule has 0 aliphatic heterocycles. The Kier molecular flexibility index (Phi) is 5.76. The molecule has 0 radical (unpaired) electrons. The van der Waals surface area contributed by atoms with Crippen molar-refractivity contribution >= 4 is 11.6 Å². The number of Topliss-reactive ketones (excluding diaryl/α,β-unsaturated/α-hetero) is 2. The van der Waals surface area contributed by atoms with Crippen molar-refractivity contribution in [3.05, 3.63) is 71.3 Å². The normalized spacial score (nSPS) is 13.3. The maximum absolute atomic E-state index is 14.0. The Bertz CT molecular complexity index is 870. The lowest BCUT2D eigenvalue weighted by Gasteiger charge is -2.35. The minimum absolute atomic E-state index is 0.252. The Labute approximate surface area is 161 Å². The van der Waals surface area contributed by atoms with Gasteiger partial charge in [-0.3, -0.25) is 9.59 Å². The number of hydrogen-bond donors (Lipinski definition) is 0. The van der Waals surface area contributed by atoms with Crippen LogP contribution in [0.5, 0.6) is 0 Å². The molecule has 162 valence electrons. The van der Waals surface area contributed by atoms with Crippen LogP contribution in [0.2, 0.25) is 0 Å². The highest BCUT2D eigenvalue weighted by Gasteiger charge is 2.84. The largest absolute Gasteiger partial charge is 0.386 e. The SMILES string of the molecule is O=C(c1ccc(F)cc1)C(F)(F)C(F)(F)C(F)(F)C(F)(F)C(=O)c1ccc(F)cc1. The van der Waals surface area contributed by atoms with Gasteiger partial charge in [0.05, 0.1) is 0 Å². The molecule has 0 aliphatic carbocycles.